The van der Waals surface area contributed by atoms with Gasteiger partial charge >= 0.3 is 5.97 Å². The maximum Gasteiger partial charge on any atom is 0.341 e. The van der Waals surface area contributed by atoms with Crippen LogP contribution in [0, 0.1) is 0 Å². The summed E-state index contributed by atoms with van der Waals surface area (Å²) in [6, 6.07) is 9.44. The van der Waals surface area contributed by atoms with Gasteiger partial charge in [0.05, 0.1) is 12.8 Å². The summed E-state index contributed by atoms with van der Waals surface area (Å²) >= 11 is 0. The molecule has 1 aliphatic rings. The number of benzene rings is 1. The second-order valence-corrected chi connectivity index (χ2v) is 3.51. The van der Waals surface area contributed by atoms with Gasteiger partial charge in [-0.1, -0.05) is 30.3 Å². The summed E-state index contributed by atoms with van der Waals surface area (Å²) in [7, 11) is 1.33. The molecule has 1 heterocycles. The summed E-state index contributed by atoms with van der Waals surface area (Å²) in [5, 5.41) is 2.96. The van der Waals surface area contributed by atoms with E-state index in [0.717, 1.165) is 5.56 Å². The Kier molecular flexibility index (Phi) is 3.20. The van der Waals surface area contributed by atoms with Gasteiger partial charge in [-0.25, -0.2) is 4.79 Å². The smallest absolute Gasteiger partial charge is 0.341 e. The zero-order valence-corrected chi connectivity index (χ0v) is 9.38. The summed E-state index contributed by atoms with van der Waals surface area (Å²) in [4.78, 5) is 15.5. The number of aliphatic imine (C=N–C) groups is 1. The highest BCUT2D eigenvalue weighted by molar-refractivity contribution is 6.16. The van der Waals surface area contributed by atoms with Crippen LogP contribution in [-0.4, -0.2) is 25.6 Å². The van der Waals surface area contributed by atoms with Crippen LogP contribution in [0.5, 0.6) is 0 Å². The minimum Gasteiger partial charge on any atom is -0.465 e. The highest BCUT2D eigenvalue weighted by Gasteiger charge is 2.20. The third-order valence-corrected chi connectivity index (χ3v) is 2.39. The van der Waals surface area contributed by atoms with Gasteiger partial charge in [-0.3, -0.25) is 10.7 Å². The molecule has 1 aromatic rings. The summed E-state index contributed by atoms with van der Waals surface area (Å²) in [6.07, 6.45) is 0.897. The highest BCUT2D eigenvalue weighted by Crippen LogP contribution is 2.18. The van der Waals surface area contributed by atoms with Crippen LogP contribution >= 0.6 is 0 Å². The van der Waals surface area contributed by atoms with E-state index in [4.69, 9.17) is 10.5 Å². The van der Waals surface area contributed by atoms with E-state index in [1.165, 1.54) is 13.3 Å². The summed E-state index contributed by atoms with van der Waals surface area (Å²) < 4.78 is 4.71. The van der Waals surface area contributed by atoms with E-state index in [-0.39, 0.29) is 0 Å². The largest absolute Gasteiger partial charge is 0.465 e. The van der Waals surface area contributed by atoms with Crippen molar-refractivity contribution in [1.82, 2.24) is 5.32 Å². The lowest BCUT2D eigenvalue weighted by atomic mass is 10.1. The summed E-state index contributed by atoms with van der Waals surface area (Å²) in [5.41, 5.74) is 7.56. The molecule has 17 heavy (non-hydrogen) atoms. The SMILES string of the molecule is COC(=O)C1=C(c2ccccc2)NC(N)N=C1. The molecule has 0 bridgehead atoms. The maximum absolute atomic E-state index is 11.6. The number of ether oxygens (including phenoxy) is 1. The van der Waals surface area contributed by atoms with Crippen molar-refractivity contribution >= 4 is 17.9 Å². The Morgan fingerprint density at radius 1 is 1.41 bits per heavy atom. The molecule has 88 valence electrons. The Balaban J connectivity index is 2.47. The van der Waals surface area contributed by atoms with Crippen molar-refractivity contribution in [1.29, 1.82) is 0 Å². The van der Waals surface area contributed by atoms with Gasteiger partial charge in [0.15, 0.2) is 6.29 Å². The van der Waals surface area contributed by atoms with Crippen LogP contribution in [-0.2, 0) is 9.53 Å². The number of nitrogens with two attached hydrogens (primary N) is 1. The number of carbonyl (C=O) groups excluding carboxylic acids is 1. The third-order valence-electron chi connectivity index (χ3n) is 2.39. The van der Waals surface area contributed by atoms with E-state index in [9.17, 15) is 4.79 Å². The van der Waals surface area contributed by atoms with Gasteiger partial charge in [-0.15, -0.1) is 0 Å². The highest BCUT2D eigenvalue weighted by atomic mass is 16.5. The van der Waals surface area contributed by atoms with Crippen molar-refractivity contribution in [2.45, 2.75) is 6.29 Å². The third kappa shape index (κ3) is 2.34. The van der Waals surface area contributed by atoms with Crippen LogP contribution in [0.25, 0.3) is 5.70 Å². The van der Waals surface area contributed by atoms with Crippen LogP contribution in [0.1, 0.15) is 5.56 Å². The van der Waals surface area contributed by atoms with Gasteiger partial charge in [0.25, 0.3) is 0 Å². The normalized spacial score (nSPS) is 18.8. The van der Waals surface area contributed by atoms with Crippen LogP contribution in [0.15, 0.2) is 40.9 Å². The second kappa shape index (κ2) is 4.80. The first-order chi connectivity index (χ1) is 8.22. The standard InChI is InChI=1S/C12H13N3O2/c1-17-11(16)9-7-14-12(13)15-10(9)8-5-3-2-4-6-8/h2-7,12,15H,13H2,1H3. The van der Waals surface area contributed by atoms with Crippen molar-refractivity contribution < 1.29 is 9.53 Å². The fourth-order valence-corrected chi connectivity index (χ4v) is 1.59. The Labute approximate surface area is 99.0 Å². The molecule has 2 rings (SSSR count). The zero-order chi connectivity index (χ0) is 12.3. The Hall–Kier alpha value is -2.14. The van der Waals surface area contributed by atoms with E-state index in [2.05, 4.69) is 10.3 Å². The number of methoxy groups -OCH3 is 1. The predicted octanol–water partition coefficient (Wildman–Crippen LogP) is 0.487. The molecule has 0 saturated carbocycles. The topological polar surface area (TPSA) is 76.7 Å². The molecule has 0 spiro atoms. The van der Waals surface area contributed by atoms with E-state index < -0.39 is 12.3 Å². The van der Waals surface area contributed by atoms with Gasteiger partial charge in [-0.2, -0.15) is 0 Å². The van der Waals surface area contributed by atoms with Crippen LogP contribution in [0.2, 0.25) is 0 Å². The fourth-order valence-electron chi connectivity index (χ4n) is 1.59. The number of hydrogen-bond acceptors (Lipinski definition) is 5. The molecular formula is C12H13N3O2. The first kappa shape index (κ1) is 11.3. The molecular weight excluding hydrogens is 218 g/mol. The number of rotatable bonds is 2. The molecule has 0 amide bonds. The van der Waals surface area contributed by atoms with Crippen molar-refractivity contribution in [3.63, 3.8) is 0 Å². The maximum atomic E-state index is 11.6. The Morgan fingerprint density at radius 3 is 2.76 bits per heavy atom. The number of nitrogens with one attached hydrogen (secondary N) is 1. The molecule has 3 N–H and O–H groups in total. The average Bonchev–Trinajstić information content (AvgIpc) is 2.39. The lowest BCUT2D eigenvalue weighted by molar-refractivity contribution is -0.135. The Morgan fingerprint density at radius 2 is 2.12 bits per heavy atom. The van der Waals surface area contributed by atoms with Crippen molar-refractivity contribution in [3.8, 4) is 0 Å². The van der Waals surface area contributed by atoms with Gasteiger partial charge < -0.3 is 10.1 Å². The van der Waals surface area contributed by atoms with Gasteiger partial charge in [0, 0.05) is 6.21 Å². The van der Waals surface area contributed by atoms with Crippen molar-refractivity contribution in [3.05, 3.63) is 41.5 Å². The zero-order valence-electron chi connectivity index (χ0n) is 9.38. The predicted molar refractivity (Wildman–Crippen MR) is 65.0 cm³/mol. The number of hydrogen-bond donors (Lipinski definition) is 2. The van der Waals surface area contributed by atoms with E-state index in [1.807, 2.05) is 30.3 Å². The first-order valence-electron chi connectivity index (χ1n) is 5.15. The lowest BCUT2D eigenvalue weighted by Gasteiger charge is -2.21. The molecule has 5 heteroatoms. The lowest BCUT2D eigenvalue weighted by Crippen LogP contribution is -2.38. The van der Waals surface area contributed by atoms with Crippen molar-refractivity contribution in [2.24, 2.45) is 10.7 Å². The molecule has 0 saturated heterocycles. The van der Waals surface area contributed by atoms with E-state index in [1.54, 1.807) is 0 Å². The quantitative estimate of drug-likeness (QED) is 0.726. The van der Waals surface area contributed by atoms with Crippen molar-refractivity contribution in [2.75, 3.05) is 7.11 Å². The monoisotopic (exact) mass is 231 g/mol. The molecule has 1 unspecified atom stereocenters. The number of nitrogens with zero attached hydrogens (tertiary/aromatic N) is 1. The average molecular weight is 231 g/mol. The first-order valence-corrected chi connectivity index (χ1v) is 5.15. The number of esters is 1. The molecule has 0 aliphatic carbocycles. The molecule has 0 aromatic heterocycles. The summed E-state index contributed by atoms with van der Waals surface area (Å²) in [5.74, 6) is -0.438. The second-order valence-electron chi connectivity index (χ2n) is 3.51. The summed E-state index contributed by atoms with van der Waals surface area (Å²) in [6.45, 7) is 0. The molecule has 1 aliphatic heterocycles. The van der Waals surface area contributed by atoms with E-state index >= 15 is 0 Å². The minimum absolute atomic E-state index is 0.375. The van der Waals surface area contributed by atoms with Crippen LogP contribution in [0.4, 0.5) is 0 Å². The van der Waals surface area contributed by atoms with Crippen LogP contribution < -0.4 is 11.1 Å². The van der Waals surface area contributed by atoms with Crippen LogP contribution in [0.3, 0.4) is 0 Å². The molecule has 1 aromatic carbocycles. The molecule has 5 nitrogen and oxygen atoms in total. The fraction of sp³-hybridized carbons (Fsp3) is 0.167. The van der Waals surface area contributed by atoms with Gasteiger partial charge in [0.2, 0.25) is 0 Å². The molecule has 0 fully saturated rings. The molecule has 1 atom stereocenters. The van der Waals surface area contributed by atoms with E-state index in [0.29, 0.717) is 11.3 Å². The Bertz CT molecular complexity index is 480. The van der Waals surface area contributed by atoms with Gasteiger partial charge in [-0.05, 0) is 5.56 Å². The molecule has 0 radical (unpaired) electrons. The minimum atomic E-state index is -0.543. The number of carbonyl (C=O) groups is 1. The van der Waals surface area contributed by atoms with Gasteiger partial charge in [0.1, 0.15) is 5.57 Å².